The third kappa shape index (κ3) is 41.6. The molecular formula is C48H92O6. The predicted octanol–water partition coefficient (Wildman–Crippen LogP) is 15.1. The van der Waals surface area contributed by atoms with Crippen molar-refractivity contribution >= 4 is 17.9 Å². The molecular weight excluding hydrogens is 673 g/mol. The number of ether oxygens (including phenoxy) is 3. The van der Waals surface area contributed by atoms with Crippen molar-refractivity contribution in [2.24, 2.45) is 5.92 Å². The Labute approximate surface area is 336 Å². The number of hydrogen-bond acceptors (Lipinski definition) is 6. The van der Waals surface area contributed by atoms with E-state index in [1.807, 2.05) is 0 Å². The molecule has 6 heteroatoms. The minimum atomic E-state index is -0.758. The third-order valence-electron chi connectivity index (χ3n) is 10.8. The van der Waals surface area contributed by atoms with Crippen LogP contribution in [0.1, 0.15) is 265 Å². The van der Waals surface area contributed by atoms with Gasteiger partial charge in [-0.15, -0.1) is 0 Å². The Morgan fingerprint density at radius 1 is 0.352 bits per heavy atom. The quantitative estimate of drug-likeness (QED) is 0.0349. The van der Waals surface area contributed by atoms with Gasteiger partial charge >= 0.3 is 17.9 Å². The van der Waals surface area contributed by atoms with Crippen molar-refractivity contribution in [3.63, 3.8) is 0 Å². The molecule has 0 aromatic carbocycles. The van der Waals surface area contributed by atoms with Gasteiger partial charge in [0.05, 0.1) is 0 Å². The second-order valence-electron chi connectivity index (χ2n) is 16.9. The minimum absolute atomic E-state index is 0.0646. The van der Waals surface area contributed by atoms with Crippen LogP contribution in [0.4, 0.5) is 0 Å². The Balaban J connectivity index is 4.12. The lowest BCUT2D eigenvalue weighted by molar-refractivity contribution is -0.167. The first-order valence-electron chi connectivity index (χ1n) is 23.9. The molecule has 6 nitrogen and oxygen atoms in total. The molecule has 0 heterocycles. The summed E-state index contributed by atoms with van der Waals surface area (Å²) in [6.07, 6.45) is 42.7. The number of carbonyl (C=O) groups is 3. The Morgan fingerprint density at radius 2 is 0.611 bits per heavy atom. The second kappa shape index (κ2) is 42.6. The fourth-order valence-electron chi connectivity index (χ4n) is 7.16. The Hall–Kier alpha value is -1.59. The highest BCUT2D eigenvalue weighted by Gasteiger charge is 2.19. The molecule has 0 aliphatic rings. The van der Waals surface area contributed by atoms with E-state index < -0.39 is 6.10 Å². The van der Waals surface area contributed by atoms with E-state index in [2.05, 4.69) is 27.7 Å². The summed E-state index contributed by atoms with van der Waals surface area (Å²) >= 11 is 0. The summed E-state index contributed by atoms with van der Waals surface area (Å²) < 4.78 is 16.6. The molecule has 0 fully saturated rings. The largest absolute Gasteiger partial charge is 0.462 e. The summed E-state index contributed by atoms with van der Waals surface area (Å²) in [5, 5.41) is 0. The maximum Gasteiger partial charge on any atom is 0.306 e. The van der Waals surface area contributed by atoms with Gasteiger partial charge in [0.25, 0.3) is 0 Å². The highest BCUT2D eigenvalue weighted by atomic mass is 16.6. The zero-order valence-corrected chi connectivity index (χ0v) is 36.7. The topological polar surface area (TPSA) is 78.9 Å². The van der Waals surface area contributed by atoms with Crippen LogP contribution in [0.5, 0.6) is 0 Å². The Bertz CT molecular complexity index is 811. The van der Waals surface area contributed by atoms with E-state index in [1.165, 1.54) is 154 Å². The van der Waals surface area contributed by atoms with E-state index in [1.54, 1.807) is 0 Å². The number of esters is 3. The van der Waals surface area contributed by atoms with E-state index in [9.17, 15) is 14.4 Å². The molecule has 0 unspecified atom stereocenters. The molecule has 0 rings (SSSR count). The fourth-order valence-corrected chi connectivity index (χ4v) is 7.16. The third-order valence-corrected chi connectivity index (χ3v) is 10.8. The maximum absolute atomic E-state index is 12.7. The molecule has 0 aromatic rings. The first-order chi connectivity index (χ1) is 26.4. The first-order valence-corrected chi connectivity index (χ1v) is 23.9. The van der Waals surface area contributed by atoms with Gasteiger partial charge in [-0.1, -0.05) is 227 Å². The lowest BCUT2D eigenvalue weighted by atomic mass is 10.0. The van der Waals surface area contributed by atoms with Crippen LogP contribution in [0.25, 0.3) is 0 Å². The molecule has 320 valence electrons. The fraction of sp³-hybridized carbons (Fsp3) is 0.938. The van der Waals surface area contributed by atoms with Gasteiger partial charge in [0, 0.05) is 19.3 Å². The highest BCUT2D eigenvalue weighted by Crippen LogP contribution is 2.17. The van der Waals surface area contributed by atoms with E-state index in [0.29, 0.717) is 19.3 Å². The number of unbranched alkanes of at least 4 members (excludes halogenated alkanes) is 30. The van der Waals surface area contributed by atoms with Crippen LogP contribution < -0.4 is 0 Å². The molecule has 0 spiro atoms. The van der Waals surface area contributed by atoms with Crippen LogP contribution in [0, 0.1) is 5.92 Å². The average molecular weight is 765 g/mol. The Kier molecular flexibility index (Phi) is 41.3. The number of rotatable bonds is 43. The first kappa shape index (κ1) is 52.4. The molecule has 0 bridgehead atoms. The van der Waals surface area contributed by atoms with Crippen molar-refractivity contribution in [2.45, 2.75) is 271 Å². The van der Waals surface area contributed by atoms with E-state index in [4.69, 9.17) is 14.2 Å². The zero-order chi connectivity index (χ0) is 39.6. The van der Waals surface area contributed by atoms with Crippen LogP contribution in [0.15, 0.2) is 0 Å². The van der Waals surface area contributed by atoms with Crippen molar-refractivity contribution in [2.75, 3.05) is 13.2 Å². The van der Waals surface area contributed by atoms with Gasteiger partial charge in [-0.3, -0.25) is 14.4 Å². The second-order valence-corrected chi connectivity index (χ2v) is 16.9. The summed E-state index contributed by atoms with van der Waals surface area (Å²) in [6.45, 7) is 8.92. The van der Waals surface area contributed by atoms with Crippen LogP contribution in [0.2, 0.25) is 0 Å². The molecule has 0 aromatic heterocycles. The van der Waals surface area contributed by atoms with Crippen LogP contribution in [0.3, 0.4) is 0 Å². The van der Waals surface area contributed by atoms with E-state index in [0.717, 1.165) is 70.1 Å². The minimum Gasteiger partial charge on any atom is -0.462 e. The van der Waals surface area contributed by atoms with Gasteiger partial charge in [-0.2, -0.15) is 0 Å². The molecule has 0 N–H and O–H groups in total. The zero-order valence-electron chi connectivity index (χ0n) is 36.7. The van der Waals surface area contributed by atoms with Crippen molar-refractivity contribution in [1.29, 1.82) is 0 Å². The molecule has 0 amide bonds. The Morgan fingerprint density at radius 3 is 0.907 bits per heavy atom. The standard InChI is InChI=1S/C48H92O6/c1-5-7-9-11-12-13-14-15-16-17-18-19-20-21-25-28-32-36-40-47(50)53-43-45(42-52-46(49)39-35-30-10-8-6-2)54-48(51)41-37-33-29-26-23-22-24-27-31-34-38-44(3)4/h44-45H,5-43H2,1-4H3/t45-/m0/s1. The lowest BCUT2D eigenvalue weighted by Gasteiger charge is -2.18. The SMILES string of the molecule is CCCCCCCCCCCCCCCCCCCCC(=O)OC[C@H](COC(=O)CCCCCCC)OC(=O)CCCCCCCCCCCCC(C)C. The van der Waals surface area contributed by atoms with E-state index in [-0.39, 0.29) is 31.1 Å². The van der Waals surface area contributed by atoms with Crippen LogP contribution >= 0.6 is 0 Å². The van der Waals surface area contributed by atoms with Gasteiger partial charge in [-0.05, 0) is 25.2 Å². The summed E-state index contributed by atoms with van der Waals surface area (Å²) in [5.41, 5.74) is 0. The van der Waals surface area contributed by atoms with Crippen molar-refractivity contribution in [3.05, 3.63) is 0 Å². The van der Waals surface area contributed by atoms with Gasteiger partial charge in [-0.25, -0.2) is 0 Å². The summed E-state index contributed by atoms with van der Waals surface area (Å²) in [5.74, 6) is -0.0496. The summed E-state index contributed by atoms with van der Waals surface area (Å²) in [6, 6.07) is 0. The molecule has 1 atom stereocenters. The van der Waals surface area contributed by atoms with Crippen LogP contribution in [-0.2, 0) is 28.6 Å². The normalized spacial score (nSPS) is 11.9. The van der Waals surface area contributed by atoms with Gasteiger partial charge in [0.1, 0.15) is 13.2 Å². The highest BCUT2D eigenvalue weighted by molar-refractivity contribution is 5.71. The molecule has 0 radical (unpaired) electrons. The van der Waals surface area contributed by atoms with Gasteiger partial charge in [0.2, 0.25) is 0 Å². The smallest absolute Gasteiger partial charge is 0.306 e. The van der Waals surface area contributed by atoms with Crippen molar-refractivity contribution in [1.82, 2.24) is 0 Å². The molecule has 0 aliphatic carbocycles. The monoisotopic (exact) mass is 765 g/mol. The van der Waals surface area contributed by atoms with Crippen molar-refractivity contribution in [3.8, 4) is 0 Å². The number of carbonyl (C=O) groups excluding carboxylic acids is 3. The van der Waals surface area contributed by atoms with E-state index >= 15 is 0 Å². The molecule has 54 heavy (non-hydrogen) atoms. The molecule has 0 saturated carbocycles. The maximum atomic E-state index is 12.7. The van der Waals surface area contributed by atoms with Gasteiger partial charge in [0.15, 0.2) is 6.10 Å². The predicted molar refractivity (Wildman–Crippen MR) is 229 cm³/mol. The number of hydrogen-bond donors (Lipinski definition) is 0. The van der Waals surface area contributed by atoms with Gasteiger partial charge < -0.3 is 14.2 Å². The van der Waals surface area contributed by atoms with Crippen molar-refractivity contribution < 1.29 is 28.6 Å². The molecule has 0 aliphatic heterocycles. The lowest BCUT2D eigenvalue weighted by Crippen LogP contribution is -2.30. The summed E-state index contributed by atoms with van der Waals surface area (Å²) in [7, 11) is 0. The summed E-state index contributed by atoms with van der Waals surface area (Å²) in [4.78, 5) is 37.5. The molecule has 0 saturated heterocycles. The van der Waals surface area contributed by atoms with Crippen LogP contribution in [-0.4, -0.2) is 37.2 Å². The average Bonchev–Trinajstić information content (AvgIpc) is 3.15.